The van der Waals surface area contributed by atoms with Crippen molar-refractivity contribution in [3.05, 3.63) is 51.2 Å². The summed E-state index contributed by atoms with van der Waals surface area (Å²) in [4.78, 5) is 39.6. The molecule has 27 heavy (non-hydrogen) atoms. The first kappa shape index (κ1) is 19.4. The molecule has 2 heterocycles. The Morgan fingerprint density at radius 3 is 2.78 bits per heavy atom. The van der Waals surface area contributed by atoms with Crippen LogP contribution in [0.1, 0.15) is 39.3 Å². The standard InChI is InChI=1S/C19H19ClN2O4S/c1-26-19(25)12-7-8-13(20)14(11-12)21-17(23)15-5-2-3-9-22(15)18(24)16-6-4-10-27-16/h4,6-8,10-11,15H,2-3,5,9H2,1H3,(H,21,23). The fraction of sp³-hybridized carbons (Fsp3) is 0.316. The number of nitrogens with one attached hydrogen (secondary N) is 1. The van der Waals surface area contributed by atoms with Crippen molar-refractivity contribution in [3.8, 4) is 0 Å². The third kappa shape index (κ3) is 4.31. The Labute approximate surface area is 166 Å². The van der Waals surface area contributed by atoms with Crippen molar-refractivity contribution in [3.63, 3.8) is 0 Å². The number of anilines is 1. The Kier molecular flexibility index (Phi) is 6.13. The summed E-state index contributed by atoms with van der Waals surface area (Å²) in [6.45, 7) is 0.532. The van der Waals surface area contributed by atoms with Crippen LogP contribution in [0.25, 0.3) is 0 Å². The molecule has 8 heteroatoms. The predicted octanol–water partition coefficient (Wildman–Crippen LogP) is 3.82. The van der Waals surface area contributed by atoms with Crippen LogP contribution < -0.4 is 5.32 Å². The van der Waals surface area contributed by atoms with Crippen molar-refractivity contribution in [2.24, 2.45) is 0 Å². The molecule has 0 aliphatic carbocycles. The van der Waals surface area contributed by atoms with E-state index in [2.05, 4.69) is 5.32 Å². The summed E-state index contributed by atoms with van der Waals surface area (Å²) in [5, 5.41) is 4.91. The van der Waals surface area contributed by atoms with E-state index < -0.39 is 12.0 Å². The SMILES string of the molecule is COC(=O)c1ccc(Cl)c(NC(=O)C2CCCCN2C(=O)c2cccs2)c1. The van der Waals surface area contributed by atoms with Gasteiger partial charge < -0.3 is 15.0 Å². The monoisotopic (exact) mass is 406 g/mol. The number of amides is 2. The number of rotatable bonds is 4. The van der Waals surface area contributed by atoms with Gasteiger partial charge in [0.25, 0.3) is 5.91 Å². The summed E-state index contributed by atoms with van der Waals surface area (Å²) in [6.07, 6.45) is 2.30. The van der Waals surface area contributed by atoms with Crippen LogP contribution in [0.4, 0.5) is 5.69 Å². The lowest BCUT2D eigenvalue weighted by Crippen LogP contribution is -2.49. The maximum Gasteiger partial charge on any atom is 0.337 e. The number of benzene rings is 1. The van der Waals surface area contributed by atoms with Gasteiger partial charge in [-0.05, 0) is 48.9 Å². The van der Waals surface area contributed by atoms with Crippen molar-refractivity contribution < 1.29 is 19.1 Å². The number of likely N-dealkylation sites (tertiary alicyclic amines) is 1. The zero-order chi connectivity index (χ0) is 19.4. The normalized spacial score (nSPS) is 16.7. The molecular formula is C19H19ClN2O4S. The van der Waals surface area contributed by atoms with E-state index in [1.54, 1.807) is 11.0 Å². The topological polar surface area (TPSA) is 75.7 Å². The molecule has 1 saturated heterocycles. The quantitative estimate of drug-likeness (QED) is 0.783. The van der Waals surface area contributed by atoms with E-state index in [1.807, 2.05) is 11.4 Å². The number of piperidine rings is 1. The van der Waals surface area contributed by atoms with Crippen molar-refractivity contribution >= 4 is 46.4 Å². The van der Waals surface area contributed by atoms with E-state index in [4.69, 9.17) is 16.3 Å². The van der Waals surface area contributed by atoms with Gasteiger partial charge in [-0.15, -0.1) is 11.3 Å². The van der Waals surface area contributed by atoms with E-state index in [1.165, 1.54) is 36.6 Å². The van der Waals surface area contributed by atoms with E-state index in [0.29, 0.717) is 28.6 Å². The Bertz CT molecular complexity index is 853. The van der Waals surface area contributed by atoms with E-state index in [9.17, 15) is 14.4 Å². The second-order valence-electron chi connectivity index (χ2n) is 6.16. The molecule has 1 aliphatic heterocycles. The Morgan fingerprint density at radius 2 is 2.07 bits per heavy atom. The first-order chi connectivity index (χ1) is 13.0. The molecular weight excluding hydrogens is 388 g/mol. The number of hydrogen-bond donors (Lipinski definition) is 1. The maximum absolute atomic E-state index is 12.9. The van der Waals surface area contributed by atoms with E-state index in [0.717, 1.165) is 12.8 Å². The minimum atomic E-state index is -0.578. The molecule has 1 aliphatic rings. The van der Waals surface area contributed by atoms with Crippen LogP contribution in [-0.4, -0.2) is 42.4 Å². The van der Waals surface area contributed by atoms with Crippen LogP contribution in [0.3, 0.4) is 0 Å². The Morgan fingerprint density at radius 1 is 1.26 bits per heavy atom. The van der Waals surface area contributed by atoms with E-state index in [-0.39, 0.29) is 17.4 Å². The highest BCUT2D eigenvalue weighted by Gasteiger charge is 2.33. The number of nitrogens with zero attached hydrogens (tertiary/aromatic N) is 1. The lowest BCUT2D eigenvalue weighted by atomic mass is 10.0. The number of hydrogen-bond acceptors (Lipinski definition) is 5. The Hall–Kier alpha value is -2.38. The molecule has 142 valence electrons. The van der Waals surface area contributed by atoms with Crippen LogP contribution >= 0.6 is 22.9 Å². The number of thiophene rings is 1. The third-order valence-electron chi connectivity index (χ3n) is 4.44. The molecule has 1 fully saturated rings. The van der Waals surface area contributed by atoms with Gasteiger partial charge in [-0.2, -0.15) is 0 Å². The van der Waals surface area contributed by atoms with Gasteiger partial charge in [0, 0.05) is 6.54 Å². The first-order valence-electron chi connectivity index (χ1n) is 8.54. The van der Waals surface area contributed by atoms with Crippen LogP contribution in [-0.2, 0) is 9.53 Å². The highest BCUT2D eigenvalue weighted by atomic mass is 35.5. The summed E-state index contributed by atoms with van der Waals surface area (Å²) in [7, 11) is 1.28. The summed E-state index contributed by atoms with van der Waals surface area (Å²) in [5.41, 5.74) is 0.603. The largest absolute Gasteiger partial charge is 0.465 e. The molecule has 0 radical (unpaired) electrons. The van der Waals surface area contributed by atoms with Gasteiger partial charge in [-0.25, -0.2) is 4.79 Å². The van der Waals surface area contributed by atoms with Gasteiger partial charge in [0.15, 0.2) is 0 Å². The second kappa shape index (κ2) is 8.54. The second-order valence-corrected chi connectivity index (χ2v) is 7.52. The van der Waals surface area contributed by atoms with Crippen molar-refractivity contribution in [1.82, 2.24) is 4.90 Å². The van der Waals surface area contributed by atoms with Crippen molar-refractivity contribution in [2.45, 2.75) is 25.3 Å². The van der Waals surface area contributed by atoms with Crippen molar-refractivity contribution in [2.75, 3.05) is 19.0 Å². The fourth-order valence-electron chi connectivity index (χ4n) is 3.07. The molecule has 1 aromatic heterocycles. The first-order valence-corrected chi connectivity index (χ1v) is 9.80. The molecule has 2 aromatic rings. The highest BCUT2D eigenvalue weighted by Crippen LogP contribution is 2.26. The number of carbonyl (C=O) groups is 3. The van der Waals surface area contributed by atoms with Crippen LogP contribution in [0.15, 0.2) is 35.7 Å². The average molecular weight is 407 g/mol. The summed E-state index contributed by atoms with van der Waals surface area (Å²) in [5.74, 6) is -0.975. The number of methoxy groups -OCH3 is 1. The highest BCUT2D eigenvalue weighted by molar-refractivity contribution is 7.12. The van der Waals surface area contributed by atoms with Gasteiger partial charge in [-0.1, -0.05) is 17.7 Å². The molecule has 2 amide bonds. The summed E-state index contributed by atoms with van der Waals surface area (Å²) in [6, 6.07) is 7.52. The Balaban J connectivity index is 1.79. The third-order valence-corrected chi connectivity index (χ3v) is 5.63. The minimum absolute atomic E-state index is 0.140. The number of esters is 1. The van der Waals surface area contributed by atoms with Gasteiger partial charge in [0.2, 0.25) is 5.91 Å². The summed E-state index contributed by atoms with van der Waals surface area (Å²) >= 11 is 7.52. The molecule has 0 saturated carbocycles. The molecule has 1 aromatic carbocycles. The van der Waals surface area contributed by atoms with Gasteiger partial charge in [-0.3, -0.25) is 9.59 Å². The predicted molar refractivity (Wildman–Crippen MR) is 104 cm³/mol. The van der Waals surface area contributed by atoms with E-state index >= 15 is 0 Å². The molecule has 1 unspecified atom stereocenters. The van der Waals surface area contributed by atoms with Crippen LogP contribution in [0, 0.1) is 0 Å². The lowest BCUT2D eigenvalue weighted by Gasteiger charge is -2.34. The van der Waals surface area contributed by atoms with Gasteiger partial charge in [0.1, 0.15) is 6.04 Å². The average Bonchev–Trinajstić information content (AvgIpc) is 3.23. The molecule has 6 nitrogen and oxygen atoms in total. The smallest absolute Gasteiger partial charge is 0.337 e. The molecule has 3 rings (SSSR count). The van der Waals surface area contributed by atoms with Gasteiger partial charge in [0.05, 0.1) is 28.3 Å². The zero-order valence-corrected chi connectivity index (χ0v) is 16.3. The van der Waals surface area contributed by atoms with Crippen LogP contribution in [0.5, 0.6) is 0 Å². The molecule has 1 N–H and O–H groups in total. The number of ether oxygens (including phenoxy) is 1. The fourth-order valence-corrected chi connectivity index (χ4v) is 3.91. The van der Waals surface area contributed by atoms with Crippen molar-refractivity contribution in [1.29, 1.82) is 0 Å². The van der Waals surface area contributed by atoms with Gasteiger partial charge >= 0.3 is 5.97 Å². The lowest BCUT2D eigenvalue weighted by molar-refractivity contribution is -0.121. The minimum Gasteiger partial charge on any atom is -0.465 e. The number of halogens is 1. The summed E-state index contributed by atoms with van der Waals surface area (Å²) < 4.78 is 4.70. The van der Waals surface area contributed by atoms with Crippen LogP contribution in [0.2, 0.25) is 5.02 Å². The molecule has 0 spiro atoms. The number of carbonyl (C=O) groups excluding carboxylic acids is 3. The molecule has 1 atom stereocenters. The zero-order valence-electron chi connectivity index (χ0n) is 14.7. The maximum atomic E-state index is 12.9. The molecule has 0 bridgehead atoms.